The van der Waals surface area contributed by atoms with E-state index in [4.69, 9.17) is 14.3 Å². The molecule has 1 aromatic carbocycles. The molecule has 1 N–H and O–H groups in total. The Morgan fingerprint density at radius 1 is 1.25 bits per heavy atom. The first-order chi connectivity index (χ1) is 11.6. The molecule has 2 heterocycles. The minimum Gasteiger partial charge on any atom is -0.478 e. The molecule has 6 heteroatoms. The Balaban J connectivity index is 1.58. The minimum absolute atomic E-state index is 0.123. The Morgan fingerprint density at radius 3 is 2.62 bits per heavy atom. The van der Waals surface area contributed by atoms with Crippen LogP contribution in [0.3, 0.4) is 0 Å². The molecule has 0 unspecified atom stereocenters. The molecule has 1 saturated heterocycles. The number of likely N-dealkylation sites (tertiary alicyclic amines) is 1. The summed E-state index contributed by atoms with van der Waals surface area (Å²) < 4.78 is 10.3. The van der Waals surface area contributed by atoms with Crippen LogP contribution in [0, 0.1) is 5.92 Å². The van der Waals surface area contributed by atoms with Crippen LogP contribution in [0.15, 0.2) is 40.8 Å². The second-order valence-electron chi connectivity index (χ2n) is 5.93. The number of hydrogen-bond acceptors (Lipinski definition) is 4. The predicted octanol–water partition coefficient (Wildman–Crippen LogP) is 2.69. The minimum atomic E-state index is -0.923. The zero-order valence-electron chi connectivity index (χ0n) is 13.4. The monoisotopic (exact) mass is 329 g/mol. The first kappa shape index (κ1) is 16.1. The summed E-state index contributed by atoms with van der Waals surface area (Å²) in [4.78, 5) is 25.1. The fraction of sp³-hybridized carbons (Fsp3) is 0.333. The van der Waals surface area contributed by atoms with E-state index >= 15 is 0 Å². The highest BCUT2D eigenvalue weighted by Gasteiger charge is 2.28. The molecule has 1 aromatic heterocycles. The average Bonchev–Trinajstić information content (AvgIpc) is 3.24. The van der Waals surface area contributed by atoms with Crippen LogP contribution in [0.25, 0.3) is 0 Å². The standard InChI is InChI=1S/C18H19NO5/c1-23-16-7-6-15(24-16)17(20)19-9-8-13(11-19)10-12-2-4-14(5-3-12)18(21)22/h2-7,13H,8-11H2,1H3,(H,21,22)/t13-/m1/s1. The molecule has 1 aliphatic heterocycles. The van der Waals surface area contributed by atoms with Crippen LogP contribution in [0.2, 0.25) is 0 Å². The Hall–Kier alpha value is -2.76. The van der Waals surface area contributed by atoms with Gasteiger partial charge in [-0.15, -0.1) is 0 Å². The third-order valence-electron chi connectivity index (χ3n) is 4.29. The van der Waals surface area contributed by atoms with Gasteiger partial charge < -0.3 is 19.2 Å². The van der Waals surface area contributed by atoms with Crippen molar-refractivity contribution in [3.05, 3.63) is 53.3 Å². The highest BCUT2D eigenvalue weighted by Crippen LogP contribution is 2.24. The molecule has 0 saturated carbocycles. The zero-order chi connectivity index (χ0) is 17.1. The number of ether oxygens (including phenoxy) is 1. The Bertz CT molecular complexity index is 734. The number of hydrogen-bond donors (Lipinski definition) is 1. The first-order valence-electron chi connectivity index (χ1n) is 7.82. The molecule has 126 valence electrons. The van der Waals surface area contributed by atoms with Crippen molar-refractivity contribution in [1.82, 2.24) is 4.90 Å². The van der Waals surface area contributed by atoms with Crippen molar-refractivity contribution >= 4 is 11.9 Å². The molecule has 0 spiro atoms. The van der Waals surface area contributed by atoms with Crippen LogP contribution in [0.1, 0.15) is 32.9 Å². The predicted molar refractivity (Wildman–Crippen MR) is 86.4 cm³/mol. The third kappa shape index (κ3) is 3.42. The number of carbonyl (C=O) groups excluding carboxylic acids is 1. The van der Waals surface area contributed by atoms with Crippen molar-refractivity contribution in [1.29, 1.82) is 0 Å². The van der Waals surface area contributed by atoms with Gasteiger partial charge in [0.25, 0.3) is 11.9 Å². The maximum absolute atomic E-state index is 12.4. The molecule has 1 aliphatic rings. The number of amides is 1. The van der Waals surface area contributed by atoms with Crippen LogP contribution in [-0.2, 0) is 6.42 Å². The molecule has 24 heavy (non-hydrogen) atoms. The Labute approximate surface area is 139 Å². The molecule has 0 aliphatic carbocycles. The van der Waals surface area contributed by atoms with Gasteiger partial charge in [-0.2, -0.15) is 0 Å². The van der Waals surface area contributed by atoms with Gasteiger partial charge in [0, 0.05) is 19.2 Å². The van der Waals surface area contributed by atoms with Crippen molar-refractivity contribution in [2.45, 2.75) is 12.8 Å². The van der Waals surface area contributed by atoms with E-state index in [0.29, 0.717) is 30.7 Å². The van der Waals surface area contributed by atoms with Crippen LogP contribution in [0.5, 0.6) is 5.95 Å². The van der Waals surface area contributed by atoms with E-state index in [1.807, 2.05) is 12.1 Å². The quantitative estimate of drug-likeness (QED) is 0.912. The molecule has 0 bridgehead atoms. The summed E-state index contributed by atoms with van der Waals surface area (Å²) in [7, 11) is 1.49. The smallest absolute Gasteiger partial charge is 0.335 e. The largest absolute Gasteiger partial charge is 0.478 e. The number of rotatable bonds is 5. The summed E-state index contributed by atoms with van der Waals surface area (Å²) in [5.41, 5.74) is 1.37. The number of carboxylic acids is 1. The van der Waals surface area contributed by atoms with Crippen LogP contribution >= 0.6 is 0 Å². The van der Waals surface area contributed by atoms with Gasteiger partial charge in [0.1, 0.15) is 0 Å². The topological polar surface area (TPSA) is 80.0 Å². The van der Waals surface area contributed by atoms with E-state index in [1.54, 1.807) is 29.2 Å². The number of methoxy groups -OCH3 is 1. The van der Waals surface area contributed by atoms with E-state index in [2.05, 4.69) is 0 Å². The molecule has 3 rings (SSSR count). The van der Waals surface area contributed by atoms with Crippen molar-refractivity contribution in [3.63, 3.8) is 0 Å². The third-order valence-corrected chi connectivity index (χ3v) is 4.29. The Morgan fingerprint density at radius 2 is 2.00 bits per heavy atom. The van der Waals surface area contributed by atoms with E-state index in [-0.39, 0.29) is 11.5 Å². The lowest BCUT2D eigenvalue weighted by Crippen LogP contribution is -2.28. The molecule has 2 aromatic rings. The van der Waals surface area contributed by atoms with Gasteiger partial charge in [-0.05, 0) is 42.5 Å². The molecule has 1 amide bonds. The highest BCUT2D eigenvalue weighted by atomic mass is 16.6. The lowest BCUT2D eigenvalue weighted by Gasteiger charge is -2.15. The first-order valence-corrected chi connectivity index (χ1v) is 7.82. The molecule has 6 nitrogen and oxygen atoms in total. The molecule has 1 atom stereocenters. The van der Waals surface area contributed by atoms with Crippen molar-refractivity contribution < 1.29 is 23.8 Å². The summed E-state index contributed by atoms with van der Waals surface area (Å²) in [5, 5.41) is 8.92. The molecular weight excluding hydrogens is 310 g/mol. The number of aromatic carboxylic acids is 1. The Kier molecular flexibility index (Phi) is 4.55. The van der Waals surface area contributed by atoms with E-state index in [0.717, 1.165) is 18.4 Å². The van der Waals surface area contributed by atoms with Gasteiger partial charge in [-0.1, -0.05) is 12.1 Å². The van der Waals surface area contributed by atoms with Gasteiger partial charge >= 0.3 is 5.97 Å². The summed E-state index contributed by atoms with van der Waals surface area (Å²) in [5.74, 6) is -0.0671. The van der Waals surface area contributed by atoms with Crippen molar-refractivity contribution in [3.8, 4) is 5.95 Å². The zero-order valence-corrected chi connectivity index (χ0v) is 13.4. The van der Waals surface area contributed by atoms with Crippen LogP contribution < -0.4 is 4.74 Å². The number of furan rings is 1. The molecular formula is C18H19NO5. The second kappa shape index (κ2) is 6.78. The van der Waals surface area contributed by atoms with E-state index in [9.17, 15) is 9.59 Å². The van der Waals surface area contributed by atoms with Gasteiger partial charge in [-0.3, -0.25) is 4.79 Å². The average molecular weight is 329 g/mol. The van der Waals surface area contributed by atoms with E-state index in [1.165, 1.54) is 7.11 Å². The lowest BCUT2D eigenvalue weighted by atomic mass is 9.98. The summed E-state index contributed by atoms with van der Waals surface area (Å²) in [6.07, 6.45) is 1.75. The fourth-order valence-corrected chi connectivity index (χ4v) is 3.00. The van der Waals surface area contributed by atoms with Gasteiger partial charge in [-0.25, -0.2) is 4.79 Å². The molecule has 0 radical (unpaired) electrons. The van der Waals surface area contributed by atoms with Gasteiger partial charge in [0.05, 0.1) is 12.7 Å². The normalized spacial score (nSPS) is 17.0. The van der Waals surface area contributed by atoms with Crippen molar-refractivity contribution in [2.75, 3.05) is 20.2 Å². The van der Waals surface area contributed by atoms with Gasteiger partial charge in [0.15, 0.2) is 5.76 Å². The maximum atomic E-state index is 12.4. The number of carboxylic acid groups (broad SMARTS) is 1. The summed E-state index contributed by atoms with van der Waals surface area (Å²) in [6, 6.07) is 10.2. The number of nitrogens with zero attached hydrogens (tertiary/aromatic N) is 1. The van der Waals surface area contributed by atoms with Crippen molar-refractivity contribution in [2.24, 2.45) is 5.92 Å². The van der Waals surface area contributed by atoms with Gasteiger partial charge in [0.2, 0.25) is 0 Å². The number of benzene rings is 1. The maximum Gasteiger partial charge on any atom is 0.335 e. The van der Waals surface area contributed by atoms with Crippen LogP contribution in [0.4, 0.5) is 0 Å². The lowest BCUT2D eigenvalue weighted by molar-refractivity contribution is 0.0695. The second-order valence-corrected chi connectivity index (χ2v) is 5.93. The summed E-state index contributed by atoms with van der Waals surface area (Å²) in [6.45, 7) is 1.36. The highest BCUT2D eigenvalue weighted by molar-refractivity contribution is 5.91. The van der Waals surface area contributed by atoms with Crippen LogP contribution in [-0.4, -0.2) is 42.1 Å². The number of carbonyl (C=O) groups is 2. The van der Waals surface area contributed by atoms with E-state index < -0.39 is 5.97 Å². The fourth-order valence-electron chi connectivity index (χ4n) is 3.00. The SMILES string of the molecule is COc1ccc(C(=O)N2CC[C@H](Cc3ccc(C(=O)O)cc3)C2)o1. The molecule has 1 fully saturated rings. The summed E-state index contributed by atoms with van der Waals surface area (Å²) >= 11 is 0.